The molecule has 8 heteroatoms. The summed E-state index contributed by atoms with van der Waals surface area (Å²) in [6, 6.07) is 4.04. The number of carbonyl (C=O) groups excluding carboxylic acids is 1. The zero-order chi connectivity index (χ0) is 21.6. The molecule has 0 bridgehead atoms. The summed E-state index contributed by atoms with van der Waals surface area (Å²) in [6.45, 7) is 1.18. The lowest BCUT2D eigenvalue weighted by Crippen LogP contribution is -2.53. The number of carbonyl (C=O) groups is 1. The summed E-state index contributed by atoms with van der Waals surface area (Å²) in [5.41, 5.74) is -1.41. The van der Waals surface area contributed by atoms with Crippen molar-refractivity contribution in [3.8, 4) is 5.75 Å². The summed E-state index contributed by atoms with van der Waals surface area (Å²) in [6.07, 6.45) is 6.85. The van der Waals surface area contributed by atoms with Crippen LogP contribution in [0.1, 0.15) is 38.5 Å². The molecule has 1 aliphatic carbocycles. The molecule has 0 unspecified atom stereocenters. The molecule has 0 radical (unpaired) electrons. The molecule has 0 spiro atoms. The number of amides is 1. The highest BCUT2D eigenvalue weighted by molar-refractivity contribution is 5.77. The van der Waals surface area contributed by atoms with E-state index in [0.717, 1.165) is 31.7 Å². The summed E-state index contributed by atoms with van der Waals surface area (Å²) >= 11 is 0. The van der Waals surface area contributed by atoms with Gasteiger partial charge >= 0.3 is 0 Å². The maximum absolute atomic E-state index is 14.0. The van der Waals surface area contributed by atoms with Crippen LogP contribution in [0.3, 0.4) is 0 Å². The van der Waals surface area contributed by atoms with E-state index in [2.05, 4.69) is 4.90 Å². The first-order valence-electron chi connectivity index (χ1n) is 10.7. The molecule has 1 aromatic rings. The molecule has 30 heavy (non-hydrogen) atoms. The first kappa shape index (κ1) is 22.9. The van der Waals surface area contributed by atoms with Crippen LogP contribution in [0.15, 0.2) is 18.2 Å². The number of rotatable bonds is 6. The Morgan fingerprint density at radius 2 is 1.90 bits per heavy atom. The molecule has 168 valence electrons. The molecule has 2 fully saturated rings. The fraction of sp³-hybridized carbons (Fsp3) is 0.682. The standard InChI is InChI=1S/C22H32F2N2O4/c1-29-13-20(27)26-12-11-25(17-7-4-2-3-5-8-17)14-22(28,15-26)16-30-19-10-6-9-18(23)21(19)24/h6,9-10,17,28H,2-5,7-8,11-16H2,1H3/t22-/m1/s1. The van der Waals surface area contributed by atoms with E-state index >= 15 is 0 Å². The van der Waals surface area contributed by atoms with Gasteiger partial charge in [0, 0.05) is 32.8 Å². The number of ether oxygens (including phenoxy) is 2. The van der Waals surface area contributed by atoms with Gasteiger partial charge in [-0.05, 0) is 25.0 Å². The number of hydrogen-bond donors (Lipinski definition) is 1. The molecule has 1 aliphatic heterocycles. The first-order chi connectivity index (χ1) is 14.4. The Bertz CT molecular complexity index is 712. The van der Waals surface area contributed by atoms with Crippen LogP contribution in [0.5, 0.6) is 5.75 Å². The molecule has 0 aromatic heterocycles. The minimum absolute atomic E-state index is 0.0509. The van der Waals surface area contributed by atoms with E-state index in [1.165, 1.54) is 32.1 Å². The molecule has 1 atom stereocenters. The third-order valence-corrected chi connectivity index (χ3v) is 6.01. The molecular formula is C22H32F2N2O4. The topological polar surface area (TPSA) is 62.2 Å². The third-order valence-electron chi connectivity index (χ3n) is 6.01. The Morgan fingerprint density at radius 3 is 2.60 bits per heavy atom. The second-order valence-corrected chi connectivity index (χ2v) is 8.43. The van der Waals surface area contributed by atoms with E-state index in [-0.39, 0.29) is 31.4 Å². The first-order valence-corrected chi connectivity index (χ1v) is 10.7. The lowest BCUT2D eigenvalue weighted by Gasteiger charge is -2.36. The monoisotopic (exact) mass is 426 g/mol. The van der Waals surface area contributed by atoms with Gasteiger partial charge in [-0.3, -0.25) is 9.69 Å². The normalized spacial score (nSPS) is 24.3. The summed E-state index contributed by atoms with van der Waals surface area (Å²) in [4.78, 5) is 16.3. The highest BCUT2D eigenvalue weighted by Gasteiger charge is 2.39. The van der Waals surface area contributed by atoms with Crippen LogP contribution in [-0.4, -0.2) is 79.0 Å². The fourth-order valence-corrected chi connectivity index (χ4v) is 4.45. The van der Waals surface area contributed by atoms with Gasteiger partial charge in [0.2, 0.25) is 11.7 Å². The largest absolute Gasteiger partial charge is 0.487 e. The van der Waals surface area contributed by atoms with Gasteiger partial charge in [0.05, 0.1) is 6.54 Å². The molecule has 1 amide bonds. The van der Waals surface area contributed by atoms with E-state index in [0.29, 0.717) is 25.7 Å². The number of hydrogen-bond acceptors (Lipinski definition) is 5. The minimum atomic E-state index is -1.41. The zero-order valence-corrected chi connectivity index (χ0v) is 17.6. The fourth-order valence-electron chi connectivity index (χ4n) is 4.45. The Morgan fingerprint density at radius 1 is 1.17 bits per heavy atom. The molecule has 1 saturated heterocycles. The SMILES string of the molecule is COCC(=O)N1CCN(C2CCCCCC2)C[C@](O)(COc2cccc(F)c2F)C1. The van der Waals surface area contributed by atoms with Gasteiger partial charge in [-0.25, -0.2) is 4.39 Å². The maximum Gasteiger partial charge on any atom is 0.248 e. The van der Waals surface area contributed by atoms with Crippen molar-refractivity contribution in [2.75, 3.05) is 46.5 Å². The van der Waals surface area contributed by atoms with Crippen LogP contribution in [0.2, 0.25) is 0 Å². The summed E-state index contributed by atoms with van der Waals surface area (Å²) in [5.74, 6) is -2.54. The zero-order valence-electron chi connectivity index (χ0n) is 17.6. The smallest absolute Gasteiger partial charge is 0.248 e. The molecule has 1 heterocycles. The Balaban J connectivity index is 1.77. The van der Waals surface area contributed by atoms with Crippen LogP contribution in [0, 0.1) is 11.6 Å². The lowest BCUT2D eigenvalue weighted by atomic mass is 10.0. The predicted molar refractivity (Wildman–Crippen MR) is 108 cm³/mol. The second kappa shape index (κ2) is 10.5. The average molecular weight is 427 g/mol. The van der Waals surface area contributed by atoms with Gasteiger partial charge in [0.25, 0.3) is 0 Å². The molecule has 1 saturated carbocycles. The summed E-state index contributed by atoms with van der Waals surface area (Å²) in [5, 5.41) is 11.4. The van der Waals surface area contributed by atoms with Crippen LogP contribution >= 0.6 is 0 Å². The number of aliphatic hydroxyl groups is 1. The van der Waals surface area contributed by atoms with Crippen LogP contribution in [0.25, 0.3) is 0 Å². The van der Waals surface area contributed by atoms with Crippen molar-refractivity contribution >= 4 is 5.91 Å². The second-order valence-electron chi connectivity index (χ2n) is 8.43. The van der Waals surface area contributed by atoms with Gasteiger partial charge in [0.15, 0.2) is 11.6 Å². The van der Waals surface area contributed by atoms with Crippen LogP contribution in [-0.2, 0) is 9.53 Å². The van der Waals surface area contributed by atoms with Crippen molar-refractivity contribution in [3.05, 3.63) is 29.8 Å². The van der Waals surface area contributed by atoms with Gasteiger partial charge in [-0.15, -0.1) is 0 Å². The molecule has 1 N–H and O–H groups in total. The van der Waals surface area contributed by atoms with E-state index in [1.807, 2.05) is 0 Å². The Kier molecular flexibility index (Phi) is 8.02. The van der Waals surface area contributed by atoms with Crippen LogP contribution < -0.4 is 4.74 Å². The van der Waals surface area contributed by atoms with Gasteiger partial charge in [-0.2, -0.15) is 4.39 Å². The lowest BCUT2D eigenvalue weighted by molar-refractivity contribution is -0.138. The Labute approximate surface area is 176 Å². The highest BCUT2D eigenvalue weighted by atomic mass is 19.2. The quantitative estimate of drug-likeness (QED) is 0.709. The van der Waals surface area contributed by atoms with E-state index < -0.39 is 17.2 Å². The number of nitrogens with zero attached hydrogens (tertiary/aromatic N) is 2. The molecule has 2 aliphatic rings. The Hall–Kier alpha value is -1.77. The number of β-amino-alcohol motifs (C(OH)–C–C–N with tert-alkyl or cyclic N) is 1. The van der Waals surface area contributed by atoms with Crippen molar-refractivity contribution in [2.24, 2.45) is 0 Å². The number of halogens is 2. The van der Waals surface area contributed by atoms with Crippen LogP contribution in [0.4, 0.5) is 8.78 Å². The number of methoxy groups -OCH3 is 1. The van der Waals surface area contributed by atoms with Crippen molar-refractivity contribution in [1.29, 1.82) is 0 Å². The van der Waals surface area contributed by atoms with E-state index in [9.17, 15) is 18.7 Å². The third kappa shape index (κ3) is 5.89. The average Bonchev–Trinajstić information content (AvgIpc) is 3.09. The van der Waals surface area contributed by atoms with E-state index in [4.69, 9.17) is 9.47 Å². The highest BCUT2D eigenvalue weighted by Crippen LogP contribution is 2.27. The molecular weight excluding hydrogens is 394 g/mol. The molecule has 1 aromatic carbocycles. The predicted octanol–water partition coefficient (Wildman–Crippen LogP) is 2.59. The summed E-state index contributed by atoms with van der Waals surface area (Å²) < 4.78 is 38.0. The maximum atomic E-state index is 14.0. The van der Waals surface area contributed by atoms with Gasteiger partial charge < -0.3 is 19.5 Å². The molecule has 3 rings (SSSR count). The van der Waals surface area contributed by atoms with Crippen molar-refractivity contribution < 1.29 is 28.2 Å². The van der Waals surface area contributed by atoms with Crippen molar-refractivity contribution in [2.45, 2.75) is 50.2 Å². The van der Waals surface area contributed by atoms with E-state index in [1.54, 1.807) is 4.90 Å². The van der Waals surface area contributed by atoms with Crippen molar-refractivity contribution in [1.82, 2.24) is 9.80 Å². The van der Waals surface area contributed by atoms with Crippen molar-refractivity contribution in [3.63, 3.8) is 0 Å². The molecule has 6 nitrogen and oxygen atoms in total. The van der Waals surface area contributed by atoms with Gasteiger partial charge in [-0.1, -0.05) is 31.7 Å². The van der Waals surface area contributed by atoms with Gasteiger partial charge in [0.1, 0.15) is 18.8 Å². The number of benzene rings is 1. The summed E-state index contributed by atoms with van der Waals surface area (Å²) in [7, 11) is 1.45. The minimum Gasteiger partial charge on any atom is -0.487 e.